The Labute approximate surface area is 165 Å². The molecule has 0 fully saturated rings. The molecule has 4 heterocycles. The highest BCUT2D eigenvalue weighted by atomic mass is 32.2. The number of hydrogen-bond acceptors (Lipinski definition) is 7. The highest BCUT2D eigenvalue weighted by molar-refractivity contribution is 8.01. The van der Waals surface area contributed by atoms with E-state index in [2.05, 4.69) is 16.9 Å². The highest BCUT2D eigenvalue weighted by Gasteiger charge is 2.20. The van der Waals surface area contributed by atoms with Crippen molar-refractivity contribution >= 4 is 39.0 Å². The fourth-order valence-electron chi connectivity index (χ4n) is 2.81. The van der Waals surface area contributed by atoms with Crippen LogP contribution in [0.2, 0.25) is 0 Å². The molecule has 27 heavy (non-hydrogen) atoms. The molecule has 0 aliphatic rings. The largest absolute Gasteiger partial charge is 0.397 e. The summed E-state index contributed by atoms with van der Waals surface area (Å²) in [5, 5.41) is 0.912. The van der Waals surface area contributed by atoms with Gasteiger partial charge in [0.1, 0.15) is 10.5 Å². The zero-order valence-corrected chi connectivity index (χ0v) is 16.8. The molecule has 0 spiro atoms. The maximum Gasteiger partial charge on any atom is 0.163 e. The number of nitrogens with zero attached hydrogens (tertiary/aromatic N) is 5. The Morgan fingerprint density at radius 2 is 2.11 bits per heavy atom. The lowest BCUT2D eigenvalue weighted by molar-refractivity contribution is 0.897. The van der Waals surface area contributed by atoms with Crippen molar-refractivity contribution in [2.75, 3.05) is 11.5 Å². The number of pyridine rings is 1. The average Bonchev–Trinajstić information content (AvgIpc) is 3.25. The fraction of sp³-hybridized carbons (Fsp3) is 0.263. The van der Waals surface area contributed by atoms with Crippen LogP contribution < -0.4 is 5.73 Å². The third-order valence-corrected chi connectivity index (χ3v) is 6.74. The van der Waals surface area contributed by atoms with Gasteiger partial charge in [-0.2, -0.15) is 0 Å². The van der Waals surface area contributed by atoms with E-state index in [4.69, 9.17) is 15.7 Å². The molecular formula is C19H20N6S2. The summed E-state index contributed by atoms with van der Waals surface area (Å²) in [6, 6.07) is 3.86. The molecule has 6 nitrogen and oxygen atoms in total. The van der Waals surface area contributed by atoms with E-state index in [1.54, 1.807) is 41.8 Å². The van der Waals surface area contributed by atoms with Crippen molar-refractivity contribution in [2.24, 2.45) is 7.05 Å². The van der Waals surface area contributed by atoms with Crippen LogP contribution in [0.15, 0.2) is 41.3 Å². The first kappa shape index (κ1) is 17.9. The number of anilines is 1. The van der Waals surface area contributed by atoms with Gasteiger partial charge in [-0.05, 0) is 24.3 Å². The molecule has 0 atom stereocenters. The van der Waals surface area contributed by atoms with Gasteiger partial charge in [0.2, 0.25) is 0 Å². The van der Waals surface area contributed by atoms with Crippen LogP contribution in [0.4, 0.5) is 5.69 Å². The average molecular weight is 397 g/mol. The second kappa shape index (κ2) is 7.66. The molecule has 2 N–H and O–H groups in total. The van der Waals surface area contributed by atoms with Gasteiger partial charge in [-0.25, -0.2) is 15.0 Å². The summed E-state index contributed by atoms with van der Waals surface area (Å²) in [6.45, 7) is 2.20. The molecule has 0 bridgehead atoms. The first-order valence-corrected chi connectivity index (χ1v) is 10.6. The predicted molar refractivity (Wildman–Crippen MR) is 113 cm³/mol. The van der Waals surface area contributed by atoms with E-state index in [0.29, 0.717) is 5.82 Å². The van der Waals surface area contributed by atoms with Crippen LogP contribution in [0.5, 0.6) is 0 Å². The molecule has 0 aromatic carbocycles. The Morgan fingerprint density at radius 1 is 1.22 bits per heavy atom. The molecule has 0 unspecified atom stereocenters. The van der Waals surface area contributed by atoms with E-state index < -0.39 is 0 Å². The number of imidazole rings is 1. The molecule has 8 heteroatoms. The Kier molecular flexibility index (Phi) is 5.09. The van der Waals surface area contributed by atoms with E-state index in [1.165, 1.54) is 12.8 Å². The molecular weight excluding hydrogens is 376 g/mol. The fourth-order valence-corrected chi connectivity index (χ4v) is 5.24. The number of nitrogen functional groups attached to an aromatic ring is 1. The summed E-state index contributed by atoms with van der Waals surface area (Å²) in [5.74, 6) is 1.70. The predicted octanol–water partition coefficient (Wildman–Crippen LogP) is 4.63. The number of unbranched alkanes of at least 4 members (excludes halogenated alkanes) is 1. The zero-order chi connectivity index (χ0) is 18.8. The second-order valence-corrected chi connectivity index (χ2v) is 8.58. The molecule has 0 aliphatic heterocycles. The van der Waals surface area contributed by atoms with Gasteiger partial charge < -0.3 is 10.3 Å². The van der Waals surface area contributed by atoms with E-state index in [1.807, 2.05) is 29.9 Å². The lowest BCUT2D eigenvalue weighted by Gasteiger charge is -2.07. The van der Waals surface area contributed by atoms with E-state index in [-0.39, 0.29) is 0 Å². The number of aryl methyl sites for hydroxylation is 1. The van der Waals surface area contributed by atoms with Crippen LogP contribution in [0.25, 0.3) is 33.0 Å². The minimum atomic E-state index is 0.651. The van der Waals surface area contributed by atoms with Gasteiger partial charge in [-0.3, -0.25) is 4.98 Å². The van der Waals surface area contributed by atoms with Crippen molar-refractivity contribution in [1.82, 2.24) is 24.5 Å². The van der Waals surface area contributed by atoms with Gasteiger partial charge in [0, 0.05) is 25.0 Å². The number of rotatable bonds is 6. The van der Waals surface area contributed by atoms with Crippen LogP contribution >= 0.6 is 23.1 Å². The minimum Gasteiger partial charge on any atom is -0.397 e. The number of thioether (sulfide) groups is 1. The van der Waals surface area contributed by atoms with Crippen LogP contribution in [-0.4, -0.2) is 30.3 Å². The third kappa shape index (κ3) is 3.42. The smallest absolute Gasteiger partial charge is 0.163 e. The first-order valence-electron chi connectivity index (χ1n) is 8.79. The quantitative estimate of drug-likeness (QED) is 0.378. The summed E-state index contributed by atoms with van der Waals surface area (Å²) < 4.78 is 3.06. The Bertz CT molecular complexity index is 1070. The Hall–Kier alpha value is -2.45. The van der Waals surface area contributed by atoms with Crippen molar-refractivity contribution in [1.29, 1.82) is 0 Å². The Morgan fingerprint density at radius 3 is 2.81 bits per heavy atom. The molecule has 4 aromatic heterocycles. The van der Waals surface area contributed by atoms with Crippen molar-refractivity contribution in [3.8, 4) is 22.8 Å². The molecule has 0 amide bonds. The summed E-state index contributed by atoms with van der Waals surface area (Å²) in [6.07, 6.45) is 9.45. The molecule has 138 valence electrons. The van der Waals surface area contributed by atoms with Crippen molar-refractivity contribution in [2.45, 2.75) is 24.0 Å². The number of hydrogen-bond donors (Lipinski definition) is 1. The maximum atomic E-state index is 6.53. The van der Waals surface area contributed by atoms with Crippen molar-refractivity contribution < 1.29 is 0 Å². The lowest BCUT2D eigenvalue weighted by atomic mass is 10.2. The summed E-state index contributed by atoms with van der Waals surface area (Å²) >= 11 is 3.44. The van der Waals surface area contributed by atoms with Crippen molar-refractivity contribution in [3.05, 3.63) is 37.1 Å². The summed E-state index contributed by atoms with van der Waals surface area (Å²) in [4.78, 5) is 19.0. The number of aromatic nitrogens is 5. The van der Waals surface area contributed by atoms with Gasteiger partial charge in [0.25, 0.3) is 0 Å². The van der Waals surface area contributed by atoms with Crippen LogP contribution in [-0.2, 0) is 7.05 Å². The second-order valence-electron chi connectivity index (χ2n) is 6.21. The van der Waals surface area contributed by atoms with Crippen LogP contribution in [0, 0.1) is 0 Å². The van der Waals surface area contributed by atoms with Gasteiger partial charge in [-0.1, -0.05) is 13.3 Å². The van der Waals surface area contributed by atoms with Gasteiger partial charge in [-0.15, -0.1) is 23.1 Å². The summed E-state index contributed by atoms with van der Waals surface area (Å²) in [5.41, 5.74) is 9.92. The molecule has 4 rings (SSSR count). The molecule has 0 saturated heterocycles. The summed E-state index contributed by atoms with van der Waals surface area (Å²) in [7, 11) is 1.96. The number of fused-ring (bicyclic) bond motifs is 1. The van der Waals surface area contributed by atoms with E-state index in [9.17, 15) is 0 Å². The van der Waals surface area contributed by atoms with Crippen LogP contribution in [0.3, 0.4) is 0 Å². The third-order valence-electron chi connectivity index (χ3n) is 4.26. The van der Waals surface area contributed by atoms with E-state index >= 15 is 0 Å². The van der Waals surface area contributed by atoms with Gasteiger partial charge in [0.15, 0.2) is 5.82 Å². The van der Waals surface area contributed by atoms with Gasteiger partial charge in [0.05, 0.1) is 33.5 Å². The molecule has 0 aliphatic carbocycles. The number of nitrogens with two attached hydrogens (primary N) is 1. The lowest BCUT2D eigenvalue weighted by Crippen LogP contribution is -1.98. The minimum absolute atomic E-state index is 0.651. The monoisotopic (exact) mass is 396 g/mol. The van der Waals surface area contributed by atoms with E-state index in [0.717, 1.165) is 42.8 Å². The molecule has 4 aromatic rings. The van der Waals surface area contributed by atoms with Crippen molar-refractivity contribution in [3.63, 3.8) is 0 Å². The highest BCUT2D eigenvalue weighted by Crippen LogP contribution is 2.44. The normalized spacial score (nSPS) is 11.3. The number of thiophene rings is 1. The Balaban J connectivity index is 1.92. The van der Waals surface area contributed by atoms with Crippen LogP contribution in [0.1, 0.15) is 19.8 Å². The maximum absolute atomic E-state index is 6.53. The van der Waals surface area contributed by atoms with Gasteiger partial charge >= 0.3 is 0 Å². The SMILES string of the molecule is CCCCSc1sc2nc(-c3cccnc3)nc(-c3cncn3C)c2c1N. The zero-order valence-electron chi connectivity index (χ0n) is 15.2. The standard InChI is InChI=1S/C19H20N6S2/c1-3-4-8-26-19-15(20)14-16(13-10-22-11-25(13)2)23-17(24-18(14)27-19)12-6-5-7-21-9-12/h5-7,9-11H,3-4,8,20H2,1-2H3. The first-order chi connectivity index (χ1) is 13.2. The molecule has 0 saturated carbocycles. The topological polar surface area (TPSA) is 82.5 Å². The molecule has 0 radical (unpaired) electrons.